The number of carbonyl (C=O) groups excluding carboxylic acids is 1. The first-order valence-corrected chi connectivity index (χ1v) is 3.08. The first-order chi connectivity index (χ1) is 4.16. The van der Waals surface area contributed by atoms with Crippen molar-refractivity contribution in [3.8, 4) is 0 Å². The Morgan fingerprint density at radius 1 is 1.89 bits per heavy atom. The molecule has 0 radical (unpaired) electrons. The molecule has 1 aliphatic heterocycles. The molecular weight excluding hydrogens is 118 g/mol. The summed E-state index contributed by atoms with van der Waals surface area (Å²) in [5.74, 6) is 0.0888. The van der Waals surface area contributed by atoms with E-state index in [2.05, 4.69) is 5.32 Å². The Hall–Kier alpha value is -0.570. The lowest BCUT2D eigenvalue weighted by atomic mass is 9.86. The van der Waals surface area contributed by atoms with Gasteiger partial charge in [-0.2, -0.15) is 0 Å². The molecule has 52 valence electrons. The third-order valence-corrected chi connectivity index (χ3v) is 1.66. The quantitative estimate of drug-likeness (QED) is 0.500. The van der Waals surface area contributed by atoms with Crippen LogP contribution in [-0.2, 0) is 4.79 Å². The van der Waals surface area contributed by atoms with E-state index < -0.39 is 0 Å². The second-order valence-electron chi connectivity index (χ2n) is 2.76. The van der Waals surface area contributed by atoms with E-state index in [1.54, 1.807) is 0 Å². The number of aliphatic hydroxyl groups is 1. The van der Waals surface area contributed by atoms with Crippen molar-refractivity contribution in [2.45, 2.75) is 25.3 Å². The predicted molar refractivity (Wildman–Crippen MR) is 32.9 cm³/mol. The Morgan fingerprint density at radius 3 is 2.78 bits per heavy atom. The van der Waals surface area contributed by atoms with E-state index in [9.17, 15) is 4.79 Å². The smallest absolute Gasteiger partial charge is 0.222 e. The zero-order valence-corrected chi connectivity index (χ0v) is 5.48. The van der Waals surface area contributed by atoms with Crippen molar-refractivity contribution >= 4 is 5.91 Å². The molecule has 3 heteroatoms. The van der Waals surface area contributed by atoms with Gasteiger partial charge in [-0.25, -0.2) is 0 Å². The highest BCUT2D eigenvalue weighted by Crippen LogP contribution is 2.22. The number of β-lactam (4-membered cyclic amide) rings is 1. The van der Waals surface area contributed by atoms with Gasteiger partial charge in [-0.05, 0) is 13.3 Å². The second kappa shape index (κ2) is 1.99. The van der Waals surface area contributed by atoms with E-state index in [1.807, 2.05) is 6.92 Å². The maximum atomic E-state index is 10.4. The maximum absolute atomic E-state index is 10.4. The molecule has 9 heavy (non-hydrogen) atoms. The second-order valence-corrected chi connectivity index (χ2v) is 2.76. The van der Waals surface area contributed by atoms with Crippen molar-refractivity contribution in [2.75, 3.05) is 6.61 Å². The number of rotatable bonds is 2. The third-order valence-electron chi connectivity index (χ3n) is 1.66. The molecule has 1 amide bonds. The van der Waals surface area contributed by atoms with E-state index in [0.29, 0.717) is 12.8 Å². The number of amides is 1. The van der Waals surface area contributed by atoms with Crippen LogP contribution in [0.3, 0.4) is 0 Å². The van der Waals surface area contributed by atoms with Gasteiger partial charge in [0.1, 0.15) is 0 Å². The molecule has 0 unspecified atom stereocenters. The van der Waals surface area contributed by atoms with Gasteiger partial charge < -0.3 is 10.4 Å². The van der Waals surface area contributed by atoms with Crippen LogP contribution in [0, 0.1) is 0 Å². The van der Waals surface area contributed by atoms with Crippen molar-refractivity contribution in [1.82, 2.24) is 5.32 Å². The minimum atomic E-state index is -0.105. The number of hydrogen-bond donors (Lipinski definition) is 2. The van der Waals surface area contributed by atoms with Crippen LogP contribution >= 0.6 is 0 Å². The van der Waals surface area contributed by atoms with Crippen LogP contribution in [0.5, 0.6) is 0 Å². The minimum Gasteiger partial charge on any atom is -0.396 e. The van der Waals surface area contributed by atoms with Crippen LogP contribution in [0.1, 0.15) is 19.8 Å². The Morgan fingerprint density at radius 2 is 2.44 bits per heavy atom. The van der Waals surface area contributed by atoms with Crippen molar-refractivity contribution < 1.29 is 9.90 Å². The highest BCUT2D eigenvalue weighted by Gasteiger charge is 2.37. The average molecular weight is 129 g/mol. The molecular formula is C6H11NO2. The van der Waals surface area contributed by atoms with Gasteiger partial charge in [-0.15, -0.1) is 0 Å². The molecule has 0 aromatic carbocycles. The molecule has 1 saturated heterocycles. The number of hydrogen-bond acceptors (Lipinski definition) is 2. The summed E-state index contributed by atoms with van der Waals surface area (Å²) < 4.78 is 0. The van der Waals surface area contributed by atoms with Crippen LogP contribution in [0.25, 0.3) is 0 Å². The SMILES string of the molecule is C[C@]1(CCO)CC(=O)N1. The highest BCUT2D eigenvalue weighted by atomic mass is 16.3. The van der Waals surface area contributed by atoms with Gasteiger partial charge in [0.2, 0.25) is 5.91 Å². The lowest BCUT2D eigenvalue weighted by Gasteiger charge is -2.38. The van der Waals surface area contributed by atoms with Crippen LogP contribution in [-0.4, -0.2) is 23.2 Å². The van der Waals surface area contributed by atoms with Crippen LogP contribution in [0.15, 0.2) is 0 Å². The third kappa shape index (κ3) is 1.21. The van der Waals surface area contributed by atoms with Crippen LogP contribution in [0.2, 0.25) is 0 Å². The summed E-state index contributed by atoms with van der Waals surface area (Å²) in [5.41, 5.74) is -0.105. The lowest BCUT2D eigenvalue weighted by Crippen LogP contribution is -2.59. The van der Waals surface area contributed by atoms with Gasteiger partial charge in [0.05, 0.1) is 0 Å². The summed E-state index contributed by atoms with van der Waals surface area (Å²) in [6.45, 7) is 2.08. The summed E-state index contributed by atoms with van der Waals surface area (Å²) in [4.78, 5) is 10.4. The highest BCUT2D eigenvalue weighted by molar-refractivity contribution is 5.84. The molecule has 0 aliphatic carbocycles. The Bertz CT molecular complexity index is 125. The van der Waals surface area contributed by atoms with E-state index >= 15 is 0 Å². The van der Waals surface area contributed by atoms with Crippen molar-refractivity contribution in [2.24, 2.45) is 0 Å². The summed E-state index contributed by atoms with van der Waals surface area (Å²) >= 11 is 0. The normalized spacial score (nSPS) is 33.3. The molecule has 1 atom stereocenters. The molecule has 0 bridgehead atoms. The average Bonchev–Trinajstić information content (AvgIpc) is 1.62. The fourth-order valence-corrected chi connectivity index (χ4v) is 1.07. The topological polar surface area (TPSA) is 49.3 Å². The fourth-order valence-electron chi connectivity index (χ4n) is 1.07. The summed E-state index contributed by atoms with van der Waals surface area (Å²) in [7, 11) is 0. The molecule has 0 saturated carbocycles. The standard InChI is InChI=1S/C6H11NO2/c1-6(2-3-8)4-5(9)7-6/h8H,2-4H2,1H3,(H,7,9)/t6-/m0/s1. The predicted octanol–water partition coefficient (Wildman–Crippen LogP) is -0.353. The van der Waals surface area contributed by atoms with E-state index in [1.165, 1.54) is 0 Å². The number of aliphatic hydroxyl groups excluding tert-OH is 1. The molecule has 0 aromatic heterocycles. The molecule has 1 aliphatic rings. The van der Waals surface area contributed by atoms with Crippen molar-refractivity contribution in [1.29, 1.82) is 0 Å². The van der Waals surface area contributed by atoms with Gasteiger partial charge in [-0.3, -0.25) is 4.79 Å². The van der Waals surface area contributed by atoms with Crippen LogP contribution < -0.4 is 5.32 Å². The van der Waals surface area contributed by atoms with Gasteiger partial charge in [-0.1, -0.05) is 0 Å². The monoisotopic (exact) mass is 129 g/mol. The zero-order chi connectivity index (χ0) is 6.91. The molecule has 0 spiro atoms. The molecule has 0 aromatic rings. The van der Waals surface area contributed by atoms with E-state index in [-0.39, 0.29) is 18.1 Å². The van der Waals surface area contributed by atoms with Gasteiger partial charge in [0.25, 0.3) is 0 Å². The molecule has 1 rings (SSSR count). The lowest BCUT2D eigenvalue weighted by molar-refractivity contribution is -0.132. The van der Waals surface area contributed by atoms with Crippen molar-refractivity contribution in [3.63, 3.8) is 0 Å². The summed E-state index contributed by atoms with van der Waals surface area (Å²) in [6.07, 6.45) is 1.23. The first-order valence-electron chi connectivity index (χ1n) is 3.08. The summed E-state index contributed by atoms with van der Waals surface area (Å²) in [6, 6.07) is 0. The molecule has 1 heterocycles. The van der Waals surface area contributed by atoms with E-state index in [4.69, 9.17) is 5.11 Å². The Balaban J connectivity index is 2.31. The van der Waals surface area contributed by atoms with Gasteiger partial charge in [0.15, 0.2) is 0 Å². The number of nitrogens with one attached hydrogen (secondary N) is 1. The summed E-state index contributed by atoms with van der Waals surface area (Å²) in [5, 5.41) is 11.2. The number of carbonyl (C=O) groups is 1. The van der Waals surface area contributed by atoms with Crippen molar-refractivity contribution in [3.05, 3.63) is 0 Å². The molecule has 1 fully saturated rings. The Kier molecular flexibility index (Phi) is 1.45. The Labute approximate surface area is 54.1 Å². The van der Waals surface area contributed by atoms with Gasteiger partial charge >= 0.3 is 0 Å². The largest absolute Gasteiger partial charge is 0.396 e. The zero-order valence-electron chi connectivity index (χ0n) is 5.48. The van der Waals surface area contributed by atoms with Gasteiger partial charge in [0, 0.05) is 18.6 Å². The first kappa shape index (κ1) is 6.55. The molecule has 3 nitrogen and oxygen atoms in total. The minimum absolute atomic E-state index is 0.0888. The van der Waals surface area contributed by atoms with E-state index in [0.717, 1.165) is 0 Å². The molecule has 2 N–H and O–H groups in total. The fraction of sp³-hybridized carbons (Fsp3) is 0.833. The maximum Gasteiger partial charge on any atom is 0.222 e. The van der Waals surface area contributed by atoms with Crippen LogP contribution in [0.4, 0.5) is 0 Å².